The normalized spacial score (nSPS) is 11.7. The molecule has 0 aromatic heterocycles. The van der Waals surface area contributed by atoms with Gasteiger partial charge >= 0.3 is 12.0 Å². The van der Waals surface area contributed by atoms with Gasteiger partial charge in [0.1, 0.15) is 0 Å². The Morgan fingerprint density at radius 3 is 2.68 bits per heavy atom. The number of carbonyl (C=O) groups is 2. The molecule has 0 fully saturated rings. The number of aliphatic hydroxyl groups is 1. The van der Waals surface area contributed by atoms with Gasteiger partial charge in [-0.25, -0.2) is 9.59 Å². The van der Waals surface area contributed by atoms with Crippen LogP contribution in [-0.4, -0.2) is 46.8 Å². The lowest BCUT2D eigenvalue weighted by molar-refractivity contribution is -0.146. The first kappa shape index (κ1) is 15.0. The third-order valence-corrected chi connectivity index (χ3v) is 2.58. The van der Waals surface area contributed by atoms with Crippen LogP contribution < -0.4 is 5.32 Å². The number of urea groups is 1. The highest BCUT2D eigenvalue weighted by Crippen LogP contribution is 2.06. The van der Waals surface area contributed by atoms with Gasteiger partial charge in [0.05, 0.1) is 6.54 Å². The molecule has 1 rings (SSSR count). The van der Waals surface area contributed by atoms with Gasteiger partial charge in [-0.3, -0.25) is 0 Å². The predicted molar refractivity (Wildman–Crippen MR) is 69.7 cm³/mol. The first-order valence-corrected chi connectivity index (χ1v) is 5.85. The lowest BCUT2D eigenvalue weighted by Crippen LogP contribution is -2.42. The maximum Gasteiger partial charge on any atom is 0.334 e. The smallest absolute Gasteiger partial charge is 0.334 e. The van der Waals surface area contributed by atoms with Gasteiger partial charge in [0.25, 0.3) is 0 Å². The van der Waals surface area contributed by atoms with Crippen LogP contribution in [0.3, 0.4) is 0 Å². The van der Waals surface area contributed by atoms with Crippen LogP contribution in [0.15, 0.2) is 24.3 Å². The van der Waals surface area contributed by atoms with E-state index in [-0.39, 0.29) is 6.54 Å². The van der Waals surface area contributed by atoms with Crippen LogP contribution in [0.5, 0.6) is 0 Å². The first-order chi connectivity index (χ1) is 8.90. The van der Waals surface area contributed by atoms with Crippen LogP contribution in [0.4, 0.5) is 4.79 Å². The average Bonchev–Trinajstić information content (AvgIpc) is 2.35. The molecule has 0 saturated carbocycles. The fraction of sp³-hybridized carbons (Fsp3) is 0.385. The van der Waals surface area contributed by atoms with E-state index in [0.717, 1.165) is 11.1 Å². The number of rotatable bonds is 5. The summed E-state index contributed by atoms with van der Waals surface area (Å²) in [6.45, 7) is 2.07. The van der Waals surface area contributed by atoms with Crippen molar-refractivity contribution in [3.05, 3.63) is 35.4 Å². The number of carboxylic acid groups (broad SMARTS) is 1. The van der Waals surface area contributed by atoms with Gasteiger partial charge in [-0.1, -0.05) is 29.8 Å². The summed E-state index contributed by atoms with van der Waals surface area (Å²) in [5, 5.41) is 19.9. The molecule has 19 heavy (non-hydrogen) atoms. The molecule has 0 unspecified atom stereocenters. The molecule has 0 spiro atoms. The second kappa shape index (κ2) is 6.75. The zero-order chi connectivity index (χ0) is 14.4. The fourth-order valence-corrected chi connectivity index (χ4v) is 1.56. The summed E-state index contributed by atoms with van der Waals surface area (Å²) in [5.41, 5.74) is 2.09. The van der Waals surface area contributed by atoms with Crippen molar-refractivity contribution in [1.82, 2.24) is 10.2 Å². The summed E-state index contributed by atoms with van der Waals surface area (Å²) >= 11 is 0. The molecule has 0 saturated heterocycles. The van der Waals surface area contributed by atoms with Crippen molar-refractivity contribution >= 4 is 12.0 Å². The number of amides is 2. The topological polar surface area (TPSA) is 89.9 Å². The summed E-state index contributed by atoms with van der Waals surface area (Å²) < 4.78 is 0. The zero-order valence-electron chi connectivity index (χ0n) is 11.0. The van der Waals surface area contributed by atoms with E-state index in [1.54, 1.807) is 7.05 Å². The molecule has 6 nitrogen and oxygen atoms in total. The maximum absolute atomic E-state index is 11.7. The highest BCUT2D eigenvalue weighted by Gasteiger charge is 2.15. The third-order valence-electron chi connectivity index (χ3n) is 2.58. The van der Waals surface area contributed by atoms with Crippen LogP contribution >= 0.6 is 0 Å². The van der Waals surface area contributed by atoms with Crippen LogP contribution in [0.25, 0.3) is 0 Å². The minimum absolute atomic E-state index is 0.313. The van der Waals surface area contributed by atoms with Crippen LogP contribution in [0, 0.1) is 6.92 Å². The molecule has 0 heterocycles. The van der Waals surface area contributed by atoms with Gasteiger partial charge in [0, 0.05) is 13.6 Å². The van der Waals surface area contributed by atoms with Crippen molar-refractivity contribution in [2.75, 3.05) is 13.6 Å². The zero-order valence-corrected chi connectivity index (χ0v) is 11.0. The molecular formula is C13H18N2O4. The molecule has 1 atom stereocenters. The molecule has 0 bridgehead atoms. The van der Waals surface area contributed by atoms with Crippen molar-refractivity contribution in [3.8, 4) is 0 Å². The highest BCUT2D eigenvalue weighted by atomic mass is 16.4. The van der Waals surface area contributed by atoms with Crippen molar-refractivity contribution in [3.63, 3.8) is 0 Å². The Bertz CT molecular complexity index is 462. The number of aryl methyl sites for hydroxylation is 1. The number of carbonyl (C=O) groups excluding carboxylic acids is 1. The monoisotopic (exact) mass is 266 g/mol. The molecule has 2 amide bonds. The van der Waals surface area contributed by atoms with E-state index in [4.69, 9.17) is 10.2 Å². The standard InChI is InChI=1S/C13H18N2O4/c1-9-4-3-5-10(6-9)8-15(2)13(19)14-7-11(16)12(17)18/h3-6,11,16H,7-8H2,1-2H3,(H,14,19)(H,17,18)/t11-/m0/s1. The predicted octanol–water partition coefficient (Wildman–Crippen LogP) is 0.582. The molecule has 0 aliphatic rings. The molecule has 6 heteroatoms. The SMILES string of the molecule is Cc1cccc(CN(C)C(=O)NC[C@H](O)C(=O)O)c1. The van der Waals surface area contributed by atoms with E-state index in [1.807, 2.05) is 31.2 Å². The van der Waals surface area contributed by atoms with E-state index >= 15 is 0 Å². The fourth-order valence-electron chi connectivity index (χ4n) is 1.56. The Kier molecular flexibility index (Phi) is 5.32. The van der Waals surface area contributed by atoms with Gasteiger partial charge in [-0.2, -0.15) is 0 Å². The van der Waals surface area contributed by atoms with Crippen LogP contribution in [0.2, 0.25) is 0 Å². The Labute approximate surface area is 111 Å². The van der Waals surface area contributed by atoms with E-state index in [9.17, 15) is 9.59 Å². The second-order valence-corrected chi connectivity index (χ2v) is 4.39. The Morgan fingerprint density at radius 1 is 1.42 bits per heavy atom. The summed E-state index contributed by atoms with van der Waals surface area (Å²) in [6.07, 6.45) is -1.59. The summed E-state index contributed by atoms with van der Waals surface area (Å²) in [5.74, 6) is -1.36. The summed E-state index contributed by atoms with van der Waals surface area (Å²) in [4.78, 5) is 23.5. The Balaban J connectivity index is 2.47. The largest absolute Gasteiger partial charge is 0.479 e. The average molecular weight is 266 g/mol. The van der Waals surface area contributed by atoms with Gasteiger partial charge in [0.2, 0.25) is 0 Å². The molecule has 1 aromatic rings. The van der Waals surface area contributed by atoms with Crippen molar-refractivity contribution in [2.24, 2.45) is 0 Å². The van der Waals surface area contributed by atoms with E-state index in [2.05, 4.69) is 5.32 Å². The van der Waals surface area contributed by atoms with Gasteiger partial charge in [0.15, 0.2) is 6.10 Å². The molecule has 104 valence electrons. The Hall–Kier alpha value is -2.08. The minimum Gasteiger partial charge on any atom is -0.479 e. The Morgan fingerprint density at radius 2 is 2.11 bits per heavy atom. The van der Waals surface area contributed by atoms with E-state index < -0.39 is 18.1 Å². The van der Waals surface area contributed by atoms with Gasteiger partial charge in [-0.05, 0) is 12.5 Å². The molecule has 0 aliphatic carbocycles. The summed E-state index contributed by atoms with van der Waals surface area (Å²) in [7, 11) is 1.60. The maximum atomic E-state index is 11.7. The number of aliphatic hydroxyl groups excluding tert-OH is 1. The van der Waals surface area contributed by atoms with Gasteiger partial charge < -0.3 is 20.4 Å². The third kappa shape index (κ3) is 4.97. The van der Waals surface area contributed by atoms with E-state index in [1.165, 1.54) is 4.90 Å². The minimum atomic E-state index is -1.59. The van der Waals surface area contributed by atoms with E-state index in [0.29, 0.717) is 6.54 Å². The molecule has 1 aromatic carbocycles. The quantitative estimate of drug-likeness (QED) is 0.727. The number of hydrogen-bond donors (Lipinski definition) is 3. The number of nitrogens with one attached hydrogen (secondary N) is 1. The van der Waals surface area contributed by atoms with Crippen molar-refractivity contribution in [2.45, 2.75) is 19.6 Å². The lowest BCUT2D eigenvalue weighted by Gasteiger charge is -2.18. The van der Waals surface area contributed by atoms with Gasteiger partial charge in [-0.15, -0.1) is 0 Å². The molecule has 3 N–H and O–H groups in total. The van der Waals surface area contributed by atoms with Crippen molar-refractivity contribution in [1.29, 1.82) is 0 Å². The molecular weight excluding hydrogens is 248 g/mol. The lowest BCUT2D eigenvalue weighted by atomic mass is 10.1. The van der Waals surface area contributed by atoms with Crippen LogP contribution in [0.1, 0.15) is 11.1 Å². The first-order valence-electron chi connectivity index (χ1n) is 5.85. The number of benzene rings is 1. The number of hydrogen-bond acceptors (Lipinski definition) is 3. The number of nitrogens with zero attached hydrogens (tertiary/aromatic N) is 1. The highest BCUT2D eigenvalue weighted by molar-refractivity contribution is 5.76. The second-order valence-electron chi connectivity index (χ2n) is 4.39. The summed E-state index contributed by atoms with van der Waals surface area (Å²) in [6, 6.07) is 7.32. The van der Waals surface area contributed by atoms with Crippen molar-refractivity contribution < 1.29 is 19.8 Å². The number of aliphatic carboxylic acids is 1. The van der Waals surface area contributed by atoms with Crippen LogP contribution in [-0.2, 0) is 11.3 Å². The molecule has 0 aliphatic heterocycles. The molecule has 0 radical (unpaired) electrons. The number of carboxylic acids is 1.